The molecule has 1 aromatic carbocycles. The van der Waals surface area contributed by atoms with Gasteiger partial charge in [0.25, 0.3) is 5.91 Å². The summed E-state index contributed by atoms with van der Waals surface area (Å²) in [6.45, 7) is 0. The van der Waals surface area contributed by atoms with Gasteiger partial charge < -0.3 is 0 Å². The average molecular weight is 209 g/mol. The highest BCUT2D eigenvalue weighted by Gasteiger charge is 2.51. The first-order valence-corrected chi connectivity index (χ1v) is 4.78. The Morgan fingerprint density at radius 2 is 2.00 bits per heavy atom. The molecule has 0 bridgehead atoms. The van der Waals surface area contributed by atoms with E-state index in [9.17, 15) is 9.18 Å². The molecule has 1 aromatic rings. The van der Waals surface area contributed by atoms with Gasteiger partial charge in [-0.3, -0.25) is 9.63 Å². The Kier molecular flexibility index (Phi) is 2.44. The Hall–Kier alpha value is -1.42. The number of benzene rings is 1. The van der Waals surface area contributed by atoms with E-state index < -0.39 is 5.41 Å². The lowest BCUT2D eigenvalue weighted by Crippen LogP contribution is -2.33. The van der Waals surface area contributed by atoms with Crippen LogP contribution in [0.5, 0.6) is 0 Å². The molecule has 0 heterocycles. The second-order valence-electron chi connectivity index (χ2n) is 3.72. The second kappa shape index (κ2) is 3.62. The van der Waals surface area contributed by atoms with Crippen molar-refractivity contribution in [3.8, 4) is 0 Å². The summed E-state index contributed by atoms with van der Waals surface area (Å²) in [5.41, 5.74) is 2.68. The van der Waals surface area contributed by atoms with Gasteiger partial charge in [0.15, 0.2) is 0 Å². The van der Waals surface area contributed by atoms with E-state index in [-0.39, 0.29) is 11.7 Å². The number of nitrogens with one attached hydrogen (secondary N) is 1. The summed E-state index contributed by atoms with van der Waals surface area (Å²) >= 11 is 0. The third-order valence-electron chi connectivity index (χ3n) is 2.78. The van der Waals surface area contributed by atoms with Gasteiger partial charge in [-0.2, -0.15) is 0 Å². The molecule has 1 N–H and O–H groups in total. The van der Waals surface area contributed by atoms with E-state index >= 15 is 0 Å². The van der Waals surface area contributed by atoms with E-state index in [1.807, 2.05) is 0 Å². The number of hydrogen-bond donors (Lipinski definition) is 1. The van der Waals surface area contributed by atoms with Crippen molar-refractivity contribution in [2.75, 3.05) is 7.11 Å². The van der Waals surface area contributed by atoms with Gasteiger partial charge in [-0.25, -0.2) is 9.87 Å². The topological polar surface area (TPSA) is 38.3 Å². The minimum absolute atomic E-state index is 0.156. The van der Waals surface area contributed by atoms with E-state index in [1.54, 1.807) is 12.1 Å². The highest BCUT2D eigenvalue weighted by Crippen LogP contribution is 2.48. The molecule has 3 nitrogen and oxygen atoms in total. The molecule has 1 fully saturated rings. The van der Waals surface area contributed by atoms with Gasteiger partial charge in [0.2, 0.25) is 0 Å². The lowest BCUT2D eigenvalue weighted by atomic mass is 9.95. The number of carbonyl (C=O) groups excluding carboxylic acids is 1. The molecule has 0 aromatic heterocycles. The number of rotatable bonds is 3. The van der Waals surface area contributed by atoms with Gasteiger partial charge in [0.1, 0.15) is 5.82 Å². The van der Waals surface area contributed by atoms with Gasteiger partial charge in [-0.15, -0.1) is 0 Å². The molecule has 1 amide bonds. The maximum Gasteiger partial charge on any atom is 0.254 e. The maximum atomic E-state index is 12.7. The first kappa shape index (κ1) is 10.1. The van der Waals surface area contributed by atoms with Crippen LogP contribution in [0.4, 0.5) is 4.39 Å². The zero-order chi connectivity index (χ0) is 10.9. The maximum absolute atomic E-state index is 12.7. The van der Waals surface area contributed by atoms with Gasteiger partial charge >= 0.3 is 0 Å². The number of hydroxylamine groups is 1. The molecule has 2 rings (SSSR count). The van der Waals surface area contributed by atoms with Gasteiger partial charge in [-0.1, -0.05) is 12.1 Å². The molecule has 0 saturated heterocycles. The Bertz CT molecular complexity index is 371. The number of carbonyl (C=O) groups is 1. The molecule has 15 heavy (non-hydrogen) atoms. The molecule has 0 aliphatic heterocycles. The van der Waals surface area contributed by atoms with Crippen molar-refractivity contribution >= 4 is 5.91 Å². The van der Waals surface area contributed by atoms with Crippen LogP contribution in [-0.4, -0.2) is 13.0 Å². The lowest BCUT2D eigenvalue weighted by Gasteiger charge is -2.14. The first-order valence-electron chi connectivity index (χ1n) is 4.78. The molecule has 1 aliphatic rings. The predicted molar refractivity (Wildman–Crippen MR) is 52.5 cm³/mol. The smallest absolute Gasteiger partial charge is 0.254 e. The van der Waals surface area contributed by atoms with Crippen LogP contribution in [0.1, 0.15) is 18.4 Å². The van der Waals surface area contributed by atoms with Crippen LogP contribution in [0, 0.1) is 5.82 Å². The molecular weight excluding hydrogens is 197 g/mol. The minimum Gasteiger partial charge on any atom is -0.277 e. The van der Waals surface area contributed by atoms with Gasteiger partial charge in [0.05, 0.1) is 12.5 Å². The zero-order valence-electron chi connectivity index (χ0n) is 8.42. The molecule has 0 atom stereocenters. The largest absolute Gasteiger partial charge is 0.277 e. The molecule has 1 aliphatic carbocycles. The fourth-order valence-corrected chi connectivity index (χ4v) is 1.73. The first-order chi connectivity index (χ1) is 7.19. The molecule has 4 heteroatoms. The summed E-state index contributed by atoms with van der Waals surface area (Å²) in [5, 5.41) is 0. The minimum atomic E-state index is -0.496. The highest BCUT2D eigenvalue weighted by molar-refractivity contribution is 5.90. The molecule has 80 valence electrons. The Morgan fingerprint density at radius 3 is 2.47 bits per heavy atom. The Labute approximate surface area is 87.2 Å². The zero-order valence-corrected chi connectivity index (χ0v) is 8.42. The van der Waals surface area contributed by atoms with Crippen molar-refractivity contribution < 1.29 is 14.0 Å². The van der Waals surface area contributed by atoms with Crippen molar-refractivity contribution in [1.29, 1.82) is 0 Å². The highest BCUT2D eigenvalue weighted by atomic mass is 19.1. The summed E-state index contributed by atoms with van der Waals surface area (Å²) < 4.78 is 12.7. The SMILES string of the molecule is CONC(=O)C1(c2ccc(F)cc2)CC1. The molecule has 0 radical (unpaired) electrons. The standard InChI is InChI=1S/C11H12FNO2/c1-15-13-10(14)11(6-7-11)8-2-4-9(12)5-3-8/h2-5H,6-7H2,1H3,(H,13,14). The van der Waals surface area contributed by atoms with E-state index in [4.69, 9.17) is 0 Å². The Balaban J connectivity index is 2.22. The molecule has 0 spiro atoms. The van der Waals surface area contributed by atoms with Crippen molar-refractivity contribution in [3.63, 3.8) is 0 Å². The fourth-order valence-electron chi connectivity index (χ4n) is 1.73. The third kappa shape index (κ3) is 1.72. The van der Waals surface area contributed by atoms with Crippen LogP contribution in [0.3, 0.4) is 0 Å². The summed E-state index contributed by atoms with van der Waals surface area (Å²) in [4.78, 5) is 16.3. The third-order valence-corrected chi connectivity index (χ3v) is 2.78. The van der Waals surface area contributed by atoms with Crippen LogP contribution >= 0.6 is 0 Å². The van der Waals surface area contributed by atoms with Crippen LogP contribution in [-0.2, 0) is 15.0 Å². The van der Waals surface area contributed by atoms with Crippen LogP contribution in [0.15, 0.2) is 24.3 Å². The van der Waals surface area contributed by atoms with Gasteiger partial charge in [0, 0.05) is 0 Å². The van der Waals surface area contributed by atoms with Crippen molar-refractivity contribution in [2.24, 2.45) is 0 Å². The summed E-state index contributed by atoms with van der Waals surface area (Å²) in [6, 6.07) is 6.04. The predicted octanol–water partition coefficient (Wildman–Crippen LogP) is 1.53. The van der Waals surface area contributed by atoms with Crippen LogP contribution < -0.4 is 5.48 Å². The van der Waals surface area contributed by atoms with E-state index in [0.29, 0.717) is 0 Å². The van der Waals surface area contributed by atoms with Crippen LogP contribution in [0.2, 0.25) is 0 Å². The quantitative estimate of drug-likeness (QED) is 0.767. The number of hydrogen-bond acceptors (Lipinski definition) is 2. The van der Waals surface area contributed by atoms with Crippen molar-refractivity contribution in [3.05, 3.63) is 35.6 Å². The summed E-state index contributed by atoms with van der Waals surface area (Å²) in [5.74, 6) is -0.446. The van der Waals surface area contributed by atoms with E-state index in [1.165, 1.54) is 19.2 Å². The van der Waals surface area contributed by atoms with Gasteiger partial charge in [-0.05, 0) is 30.5 Å². The Morgan fingerprint density at radius 1 is 1.40 bits per heavy atom. The van der Waals surface area contributed by atoms with Crippen molar-refractivity contribution in [1.82, 2.24) is 5.48 Å². The van der Waals surface area contributed by atoms with E-state index in [0.717, 1.165) is 18.4 Å². The van der Waals surface area contributed by atoms with E-state index in [2.05, 4.69) is 10.3 Å². The monoisotopic (exact) mass is 209 g/mol. The van der Waals surface area contributed by atoms with Crippen molar-refractivity contribution in [2.45, 2.75) is 18.3 Å². The van der Waals surface area contributed by atoms with Crippen LogP contribution in [0.25, 0.3) is 0 Å². The number of halogens is 1. The molecule has 1 saturated carbocycles. The normalized spacial score (nSPS) is 17.2. The lowest BCUT2D eigenvalue weighted by molar-refractivity contribution is -0.134. The fraction of sp³-hybridized carbons (Fsp3) is 0.364. The summed E-state index contributed by atoms with van der Waals surface area (Å²) in [7, 11) is 1.40. The average Bonchev–Trinajstić information content (AvgIpc) is 3.00. The molecule has 0 unspecified atom stereocenters. The number of amides is 1. The second-order valence-corrected chi connectivity index (χ2v) is 3.72. The summed E-state index contributed by atoms with van der Waals surface area (Å²) in [6.07, 6.45) is 1.57. The molecular formula is C11H12FNO2.